The summed E-state index contributed by atoms with van der Waals surface area (Å²) in [6.07, 6.45) is 9.48. The largest absolute Gasteiger partial charge is 0.316 e. The van der Waals surface area contributed by atoms with Crippen molar-refractivity contribution in [2.45, 2.75) is 12.8 Å². The van der Waals surface area contributed by atoms with Crippen LogP contribution in [-0.4, -0.2) is 32.4 Å². The van der Waals surface area contributed by atoms with E-state index in [9.17, 15) is 0 Å². The minimum atomic E-state index is 0.654. The van der Waals surface area contributed by atoms with Gasteiger partial charge in [0, 0.05) is 12.4 Å². The van der Waals surface area contributed by atoms with Crippen molar-refractivity contribution in [2.24, 2.45) is 5.92 Å². The van der Waals surface area contributed by atoms with Crippen LogP contribution in [0.1, 0.15) is 12.1 Å². The normalized spacial score (nSPS) is 18.1. The van der Waals surface area contributed by atoms with Crippen LogP contribution in [-0.2, 0) is 6.42 Å². The van der Waals surface area contributed by atoms with Crippen LogP contribution in [0.25, 0.3) is 17.0 Å². The van der Waals surface area contributed by atoms with Gasteiger partial charge in [-0.2, -0.15) is 0 Å². The first-order chi connectivity index (χ1) is 10.8. The van der Waals surface area contributed by atoms with Crippen molar-refractivity contribution in [3.05, 3.63) is 47.6 Å². The van der Waals surface area contributed by atoms with Gasteiger partial charge in [0.25, 0.3) is 0 Å². The highest BCUT2D eigenvalue weighted by Crippen LogP contribution is 2.21. The van der Waals surface area contributed by atoms with Gasteiger partial charge in [0.15, 0.2) is 0 Å². The van der Waals surface area contributed by atoms with Crippen LogP contribution >= 0.6 is 11.6 Å². The number of nitrogens with zero attached hydrogens (tertiary/aromatic N) is 4. The van der Waals surface area contributed by atoms with E-state index < -0.39 is 0 Å². The van der Waals surface area contributed by atoms with Gasteiger partial charge >= 0.3 is 0 Å². The van der Waals surface area contributed by atoms with Gasteiger partial charge in [-0.15, -0.1) is 0 Å². The zero-order valence-corrected chi connectivity index (χ0v) is 12.8. The lowest BCUT2D eigenvalue weighted by Crippen LogP contribution is -2.11. The monoisotopic (exact) mass is 313 g/mol. The molecule has 0 radical (unpaired) electrons. The Balaban J connectivity index is 1.70. The highest BCUT2D eigenvalue weighted by atomic mass is 35.5. The summed E-state index contributed by atoms with van der Waals surface area (Å²) in [5, 5.41) is 4.06. The van der Waals surface area contributed by atoms with Gasteiger partial charge in [-0.1, -0.05) is 11.6 Å². The lowest BCUT2D eigenvalue weighted by atomic mass is 10.0. The van der Waals surface area contributed by atoms with Crippen LogP contribution in [0.15, 0.2) is 36.9 Å². The van der Waals surface area contributed by atoms with Crippen LogP contribution in [0.4, 0.5) is 0 Å². The fourth-order valence-electron chi connectivity index (χ4n) is 2.96. The quantitative estimate of drug-likeness (QED) is 0.807. The molecule has 0 unspecified atom stereocenters. The molecule has 6 heteroatoms. The maximum absolute atomic E-state index is 6.09. The molecule has 0 aromatic carbocycles. The van der Waals surface area contributed by atoms with E-state index in [4.69, 9.17) is 16.6 Å². The van der Waals surface area contributed by atoms with E-state index in [1.54, 1.807) is 6.20 Å². The molecule has 1 fully saturated rings. The Bertz CT molecular complexity index is 807. The number of aromatic nitrogens is 4. The van der Waals surface area contributed by atoms with Gasteiger partial charge in [0.1, 0.15) is 11.3 Å². The number of hydrogen-bond donors (Lipinski definition) is 1. The van der Waals surface area contributed by atoms with Crippen molar-refractivity contribution < 1.29 is 0 Å². The van der Waals surface area contributed by atoms with Crippen molar-refractivity contribution in [1.29, 1.82) is 0 Å². The molecule has 22 heavy (non-hydrogen) atoms. The summed E-state index contributed by atoms with van der Waals surface area (Å²) in [6.45, 7) is 2.17. The highest BCUT2D eigenvalue weighted by molar-refractivity contribution is 6.30. The van der Waals surface area contributed by atoms with E-state index in [-0.39, 0.29) is 0 Å². The Labute approximate surface area is 133 Å². The van der Waals surface area contributed by atoms with Gasteiger partial charge in [-0.05, 0) is 44.0 Å². The van der Waals surface area contributed by atoms with Crippen LogP contribution in [0, 0.1) is 5.92 Å². The Morgan fingerprint density at radius 2 is 2.23 bits per heavy atom. The molecule has 1 aliphatic rings. The standard InChI is InChI=1S/C16H16ClN5/c17-12-1-2-16-20-9-15(22(16)10-12)14-8-19-7-13(21-14)5-11-3-4-18-6-11/h1-2,7-11,18H,3-6H2/t11-/m0/s1. The predicted molar refractivity (Wildman–Crippen MR) is 85.9 cm³/mol. The number of nitrogens with one attached hydrogen (secondary N) is 1. The van der Waals surface area contributed by atoms with Crippen LogP contribution in [0.3, 0.4) is 0 Å². The molecular formula is C16H16ClN5. The van der Waals surface area contributed by atoms with Gasteiger partial charge in [0.05, 0.1) is 28.8 Å². The van der Waals surface area contributed by atoms with E-state index in [0.29, 0.717) is 10.9 Å². The molecule has 3 aromatic rings. The van der Waals surface area contributed by atoms with E-state index in [1.165, 1.54) is 6.42 Å². The maximum Gasteiger partial charge on any atom is 0.137 e. The predicted octanol–water partition coefficient (Wildman–Crippen LogP) is 2.60. The molecule has 0 spiro atoms. The molecule has 0 bridgehead atoms. The van der Waals surface area contributed by atoms with Crippen molar-refractivity contribution in [1.82, 2.24) is 24.7 Å². The van der Waals surface area contributed by atoms with Gasteiger partial charge in [-0.25, -0.2) is 9.97 Å². The Kier molecular flexibility index (Phi) is 3.52. The van der Waals surface area contributed by atoms with E-state index in [0.717, 1.165) is 42.2 Å². The molecule has 1 atom stereocenters. The van der Waals surface area contributed by atoms with Crippen molar-refractivity contribution in [3.63, 3.8) is 0 Å². The Morgan fingerprint density at radius 1 is 1.27 bits per heavy atom. The third-order valence-corrected chi connectivity index (χ3v) is 4.30. The molecular weight excluding hydrogens is 298 g/mol. The fourth-order valence-corrected chi connectivity index (χ4v) is 3.12. The third kappa shape index (κ3) is 2.58. The average molecular weight is 314 g/mol. The average Bonchev–Trinajstić information content (AvgIpc) is 3.16. The maximum atomic E-state index is 6.09. The third-order valence-electron chi connectivity index (χ3n) is 4.08. The number of halogens is 1. The molecule has 0 saturated carbocycles. The second kappa shape index (κ2) is 5.66. The van der Waals surface area contributed by atoms with Gasteiger partial charge in [-0.3, -0.25) is 9.38 Å². The molecule has 1 aliphatic heterocycles. The summed E-state index contributed by atoms with van der Waals surface area (Å²) >= 11 is 6.09. The minimum Gasteiger partial charge on any atom is -0.316 e. The first-order valence-electron chi connectivity index (χ1n) is 7.44. The number of fused-ring (bicyclic) bond motifs is 1. The SMILES string of the molecule is Clc1ccc2ncc(-c3cncc(C[C@@H]4CCNC4)n3)n2c1. The first-order valence-corrected chi connectivity index (χ1v) is 7.82. The molecule has 5 nitrogen and oxygen atoms in total. The van der Waals surface area contributed by atoms with E-state index >= 15 is 0 Å². The lowest BCUT2D eigenvalue weighted by molar-refractivity contribution is 0.570. The zero-order valence-electron chi connectivity index (χ0n) is 12.0. The van der Waals surface area contributed by atoms with Gasteiger partial charge < -0.3 is 5.32 Å². The summed E-state index contributed by atoms with van der Waals surface area (Å²) in [4.78, 5) is 13.5. The summed E-state index contributed by atoms with van der Waals surface area (Å²) in [7, 11) is 0. The molecule has 4 heterocycles. The molecule has 0 aliphatic carbocycles. The van der Waals surface area contributed by atoms with Crippen LogP contribution in [0.5, 0.6) is 0 Å². The second-order valence-electron chi connectivity index (χ2n) is 5.68. The Hall–Kier alpha value is -1.98. The number of rotatable bonds is 3. The number of pyridine rings is 1. The van der Waals surface area contributed by atoms with Crippen LogP contribution in [0.2, 0.25) is 5.02 Å². The number of hydrogen-bond acceptors (Lipinski definition) is 4. The van der Waals surface area contributed by atoms with Crippen molar-refractivity contribution in [3.8, 4) is 11.4 Å². The molecule has 1 saturated heterocycles. The molecule has 112 valence electrons. The summed E-state index contributed by atoms with van der Waals surface area (Å²) in [6, 6.07) is 3.73. The minimum absolute atomic E-state index is 0.654. The second-order valence-corrected chi connectivity index (χ2v) is 6.11. The van der Waals surface area contributed by atoms with Crippen molar-refractivity contribution >= 4 is 17.2 Å². The van der Waals surface area contributed by atoms with E-state index in [1.807, 2.05) is 35.1 Å². The molecule has 4 rings (SSSR count). The van der Waals surface area contributed by atoms with Crippen molar-refractivity contribution in [2.75, 3.05) is 13.1 Å². The van der Waals surface area contributed by atoms with E-state index in [2.05, 4.69) is 15.3 Å². The smallest absolute Gasteiger partial charge is 0.137 e. The highest BCUT2D eigenvalue weighted by Gasteiger charge is 2.16. The molecule has 1 N–H and O–H groups in total. The summed E-state index contributed by atoms with van der Waals surface area (Å²) in [5.74, 6) is 0.654. The molecule has 3 aromatic heterocycles. The molecule has 0 amide bonds. The summed E-state index contributed by atoms with van der Waals surface area (Å²) < 4.78 is 1.95. The van der Waals surface area contributed by atoms with Gasteiger partial charge in [0.2, 0.25) is 0 Å². The zero-order chi connectivity index (χ0) is 14.9. The topological polar surface area (TPSA) is 55.1 Å². The number of imidazole rings is 1. The summed E-state index contributed by atoms with van der Waals surface area (Å²) in [5.41, 5.74) is 3.63. The van der Waals surface area contributed by atoms with Crippen LogP contribution < -0.4 is 5.32 Å². The first kappa shape index (κ1) is 13.7. The fraction of sp³-hybridized carbons (Fsp3) is 0.312. The Morgan fingerprint density at radius 3 is 3.09 bits per heavy atom. The lowest BCUT2D eigenvalue weighted by Gasteiger charge is -2.08.